The predicted molar refractivity (Wildman–Crippen MR) is 89.9 cm³/mol. The maximum absolute atomic E-state index is 8.83. The number of ether oxygens (including phenoxy) is 1. The van der Waals surface area contributed by atoms with E-state index in [2.05, 4.69) is 51.3 Å². The van der Waals surface area contributed by atoms with Crippen molar-refractivity contribution >= 4 is 21.6 Å². The zero-order valence-electron chi connectivity index (χ0n) is 12.8. The molecule has 2 rings (SSSR count). The number of nitrogens with one attached hydrogen (secondary N) is 1. The summed E-state index contributed by atoms with van der Waals surface area (Å²) in [6, 6.07) is 6.83. The van der Waals surface area contributed by atoms with E-state index in [1.807, 2.05) is 7.05 Å². The lowest BCUT2D eigenvalue weighted by Gasteiger charge is -2.35. The van der Waals surface area contributed by atoms with Gasteiger partial charge < -0.3 is 20.1 Å². The number of benzene rings is 1. The molecule has 21 heavy (non-hydrogen) atoms. The molecule has 1 unspecified atom stereocenters. The van der Waals surface area contributed by atoms with Crippen LogP contribution in [0.1, 0.15) is 31.4 Å². The van der Waals surface area contributed by atoms with Gasteiger partial charge in [-0.25, -0.2) is 0 Å². The zero-order valence-corrected chi connectivity index (χ0v) is 14.4. The third-order valence-electron chi connectivity index (χ3n) is 4.12. The van der Waals surface area contributed by atoms with Crippen LogP contribution >= 0.6 is 15.9 Å². The van der Waals surface area contributed by atoms with Gasteiger partial charge in [0.2, 0.25) is 0 Å². The van der Waals surface area contributed by atoms with Crippen molar-refractivity contribution in [3.05, 3.63) is 28.2 Å². The first-order chi connectivity index (χ1) is 10.2. The largest absolute Gasteiger partial charge is 0.394 e. The number of piperidine rings is 1. The minimum absolute atomic E-state index is 0.107. The highest BCUT2D eigenvalue weighted by Gasteiger charge is 2.22. The molecule has 1 aromatic carbocycles. The molecule has 2 N–H and O–H groups in total. The Balaban J connectivity index is 2.07. The molecule has 118 valence electrons. The molecule has 0 saturated carbocycles. The predicted octanol–water partition coefficient (Wildman–Crippen LogP) is 2.71. The quantitative estimate of drug-likeness (QED) is 0.822. The summed E-state index contributed by atoms with van der Waals surface area (Å²) >= 11 is 3.58. The van der Waals surface area contributed by atoms with Gasteiger partial charge in [-0.2, -0.15) is 0 Å². The molecule has 0 amide bonds. The standard InChI is InChI=1S/C16H25BrN2O2/c1-12(18-2)15-4-3-13(17)11-16(15)19-7-5-14(6-8-19)21-10-9-20/h3-4,11-12,14,18,20H,5-10H2,1-2H3. The second-order valence-electron chi connectivity index (χ2n) is 5.49. The van der Waals surface area contributed by atoms with Crippen molar-refractivity contribution < 1.29 is 9.84 Å². The first-order valence-electron chi connectivity index (χ1n) is 7.59. The summed E-state index contributed by atoms with van der Waals surface area (Å²) in [5.74, 6) is 0. The molecule has 0 aliphatic carbocycles. The number of hydrogen-bond donors (Lipinski definition) is 2. The van der Waals surface area contributed by atoms with Crippen LogP contribution in [-0.2, 0) is 4.74 Å². The van der Waals surface area contributed by atoms with Crippen molar-refractivity contribution in [2.75, 3.05) is 38.3 Å². The molecule has 5 heteroatoms. The van der Waals surface area contributed by atoms with E-state index in [0.29, 0.717) is 12.6 Å². The molecule has 0 aromatic heterocycles. The highest BCUT2D eigenvalue weighted by molar-refractivity contribution is 9.10. The van der Waals surface area contributed by atoms with E-state index in [4.69, 9.17) is 9.84 Å². The monoisotopic (exact) mass is 356 g/mol. The van der Waals surface area contributed by atoms with Gasteiger partial charge in [0.25, 0.3) is 0 Å². The maximum atomic E-state index is 8.83. The number of aliphatic hydroxyl groups is 1. The second kappa shape index (κ2) is 8.13. The molecule has 1 atom stereocenters. The summed E-state index contributed by atoms with van der Waals surface area (Å²) in [6.07, 6.45) is 2.31. The van der Waals surface area contributed by atoms with E-state index in [0.717, 1.165) is 30.4 Å². The molecule has 4 nitrogen and oxygen atoms in total. The van der Waals surface area contributed by atoms with Gasteiger partial charge in [-0.15, -0.1) is 0 Å². The summed E-state index contributed by atoms with van der Waals surface area (Å²) in [5.41, 5.74) is 2.63. The van der Waals surface area contributed by atoms with Gasteiger partial charge in [0.15, 0.2) is 0 Å². The first kappa shape index (κ1) is 16.7. The summed E-state index contributed by atoms with van der Waals surface area (Å²) < 4.78 is 6.75. The lowest BCUT2D eigenvalue weighted by atomic mass is 10.0. The van der Waals surface area contributed by atoms with Gasteiger partial charge in [-0.05, 0) is 44.5 Å². The molecular formula is C16H25BrN2O2. The summed E-state index contributed by atoms with van der Waals surface area (Å²) in [6.45, 7) is 4.73. The number of anilines is 1. The normalized spacial score (nSPS) is 18.0. The SMILES string of the molecule is CNC(C)c1ccc(Br)cc1N1CCC(OCCO)CC1. The molecule has 0 bridgehead atoms. The molecule has 0 radical (unpaired) electrons. The Hall–Kier alpha value is -0.620. The van der Waals surface area contributed by atoms with Crippen LogP contribution in [0.4, 0.5) is 5.69 Å². The Morgan fingerprint density at radius 2 is 2.14 bits per heavy atom. The van der Waals surface area contributed by atoms with Crippen molar-refractivity contribution in [3.63, 3.8) is 0 Å². The summed E-state index contributed by atoms with van der Waals surface area (Å²) in [4.78, 5) is 2.44. The van der Waals surface area contributed by atoms with Gasteiger partial charge >= 0.3 is 0 Å². The Kier molecular flexibility index (Phi) is 6.48. The van der Waals surface area contributed by atoms with E-state index < -0.39 is 0 Å². The molecular weight excluding hydrogens is 332 g/mol. The van der Waals surface area contributed by atoms with Crippen molar-refractivity contribution in [2.24, 2.45) is 0 Å². The van der Waals surface area contributed by atoms with Crippen molar-refractivity contribution in [1.82, 2.24) is 5.32 Å². The fourth-order valence-corrected chi connectivity index (χ4v) is 3.14. The fraction of sp³-hybridized carbons (Fsp3) is 0.625. The summed E-state index contributed by atoms with van der Waals surface area (Å²) in [7, 11) is 1.99. The van der Waals surface area contributed by atoms with Crippen LogP contribution in [0.25, 0.3) is 0 Å². The van der Waals surface area contributed by atoms with Crippen LogP contribution in [0.15, 0.2) is 22.7 Å². The molecule has 0 spiro atoms. The minimum Gasteiger partial charge on any atom is -0.394 e. The third kappa shape index (κ3) is 4.42. The number of rotatable bonds is 6. The van der Waals surface area contributed by atoms with E-state index in [1.54, 1.807) is 0 Å². The highest BCUT2D eigenvalue weighted by Crippen LogP contribution is 2.31. The zero-order chi connectivity index (χ0) is 15.2. The van der Waals surface area contributed by atoms with E-state index in [9.17, 15) is 0 Å². The first-order valence-corrected chi connectivity index (χ1v) is 8.39. The average Bonchev–Trinajstić information content (AvgIpc) is 2.52. The smallest absolute Gasteiger partial charge is 0.0701 e. The number of aliphatic hydroxyl groups excluding tert-OH is 1. The molecule has 1 heterocycles. The van der Waals surface area contributed by atoms with Crippen molar-refractivity contribution in [3.8, 4) is 0 Å². The maximum Gasteiger partial charge on any atom is 0.0701 e. The Morgan fingerprint density at radius 3 is 2.76 bits per heavy atom. The molecule has 1 saturated heterocycles. The number of nitrogens with zero attached hydrogens (tertiary/aromatic N) is 1. The highest BCUT2D eigenvalue weighted by atomic mass is 79.9. The van der Waals surface area contributed by atoms with Gasteiger partial charge in [0.1, 0.15) is 0 Å². The Labute approximate surface area is 135 Å². The molecule has 1 aliphatic heterocycles. The topological polar surface area (TPSA) is 44.7 Å². The second-order valence-corrected chi connectivity index (χ2v) is 6.41. The van der Waals surface area contributed by atoms with Crippen LogP contribution in [0.3, 0.4) is 0 Å². The van der Waals surface area contributed by atoms with E-state index in [1.165, 1.54) is 11.3 Å². The van der Waals surface area contributed by atoms with Crippen LogP contribution in [0, 0.1) is 0 Å². The molecule has 1 aliphatic rings. The number of hydrogen-bond acceptors (Lipinski definition) is 4. The average molecular weight is 357 g/mol. The van der Waals surface area contributed by atoms with E-state index >= 15 is 0 Å². The van der Waals surface area contributed by atoms with Crippen molar-refractivity contribution in [1.29, 1.82) is 0 Å². The Morgan fingerprint density at radius 1 is 1.43 bits per heavy atom. The van der Waals surface area contributed by atoms with Crippen LogP contribution in [0.2, 0.25) is 0 Å². The fourth-order valence-electron chi connectivity index (χ4n) is 2.80. The Bertz CT molecular complexity index is 448. The van der Waals surface area contributed by atoms with Gasteiger partial charge in [-0.3, -0.25) is 0 Å². The third-order valence-corrected chi connectivity index (χ3v) is 4.61. The van der Waals surface area contributed by atoms with E-state index in [-0.39, 0.29) is 12.7 Å². The van der Waals surface area contributed by atoms with Gasteiger partial charge in [-0.1, -0.05) is 22.0 Å². The van der Waals surface area contributed by atoms with Crippen LogP contribution in [0.5, 0.6) is 0 Å². The minimum atomic E-state index is 0.107. The van der Waals surface area contributed by atoms with Crippen LogP contribution < -0.4 is 10.2 Å². The lowest BCUT2D eigenvalue weighted by molar-refractivity contribution is 0.0159. The van der Waals surface area contributed by atoms with Gasteiger partial charge in [0.05, 0.1) is 19.3 Å². The molecule has 1 aromatic rings. The number of halogens is 1. The lowest BCUT2D eigenvalue weighted by Crippen LogP contribution is -2.38. The van der Waals surface area contributed by atoms with Gasteiger partial charge in [0, 0.05) is 29.3 Å². The summed E-state index contributed by atoms with van der Waals surface area (Å²) in [5, 5.41) is 12.2. The van der Waals surface area contributed by atoms with Crippen LogP contribution in [-0.4, -0.2) is 44.6 Å². The van der Waals surface area contributed by atoms with Crippen molar-refractivity contribution in [2.45, 2.75) is 31.9 Å². The molecule has 1 fully saturated rings.